The fourth-order valence-corrected chi connectivity index (χ4v) is 4.70. The van der Waals surface area contributed by atoms with Crippen LogP contribution in [0.15, 0.2) is 63.0 Å². The van der Waals surface area contributed by atoms with Crippen LogP contribution < -0.4 is 22.4 Å². The van der Waals surface area contributed by atoms with Gasteiger partial charge in [-0.1, -0.05) is 23.8 Å². The summed E-state index contributed by atoms with van der Waals surface area (Å²) in [4.78, 5) is 63.4. The number of imide groups is 1. The topological polar surface area (TPSA) is 112 Å². The molecule has 0 radical (unpaired) electrons. The quantitative estimate of drug-likeness (QED) is 0.492. The molecule has 0 bridgehead atoms. The first-order valence-corrected chi connectivity index (χ1v) is 10.9. The third kappa shape index (κ3) is 3.60. The lowest BCUT2D eigenvalue weighted by Crippen LogP contribution is -2.53. The second kappa shape index (κ2) is 8.86. The molecule has 11 heteroatoms. The monoisotopic (exact) mass is 486 g/mol. The Morgan fingerprint density at radius 1 is 1.00 bits per heavy atom. The van der Waals surface area contributed by atoms with Crippen LogP contribution in [-0.2, 0) is 22.7 Å². The fraction of sp³-hybridized carbons (Fsp3) is 0.261. The van der Waals surface area contributed by atoms with Gasteiger partial charge in [-0.05, 0) is 37.0 Å². The standard InChI is InChI=1S/C23H20ClFN4O5/c1-3-8-27-21(32)28(9-4-2)23(34)29(22(27)33)17-10-14(16(25)11-15(17)24)12-6-5-7-13-18(12)20(31)26-19(13)30/h3-4,10-12H,1-2,5-9H2,(H,26,30,31). The summed E-state index contributed by atoms with van der Waals surface area (Å²) in [6, 6.07) is 2.17. The number of rotatable bonds is 6. The van der Waals surface area contributed by atoms with E-state index in [2.05, 4.69) is 18.5 Å². The molecule has 0 fully saturated rings. The van der Waals surface area contributed by atoms with Crippen LogP contribution in [0.5, 0.6) is 0 Å². The molecule has 9 nitrogen and oxygen atoms in total. The first-order chi connectivity index (χ1) is 16.2. The lowest BCUT2D eigenvalue weighted by molar-refractivity contribution is -0.124. The minimum Gasteiger partial charge on any atom is -0.289 e. The Morgan fingerprint density at radius 2 is 1.62 bits per heavy atom. The smallest absolute Gasteiger partial charge is 0.289 e. The van der Waals surface area contributed by atoms with E-state index in [1.165, 1.54) is 18.2 Å². The van der Waals surface area contributed by atoms with E-state index in [9.17, 15) is 24.0 Å². The van der Waals surface area contributed by atoms with E-state index < -0.39 is 40.6 Å². The number of hydrogen-bond donors (Lipinski definition) is 1. The summed E-state index contributed by atoms with van der Waals surface area (Å²) in [7, 11) is 0. The number of carbonyl (C=O) groups excluding carboxylic acids is 2. The molecule has 1 aliphatic carbocycles. The molecule has 0 spiro atoms. The summed E-state index contributed by atoms with van der Waals surface area (Å²) in [5.74, 6) is -2.61. The van der Waals surface area contributed by atoms with Gasteiger partial charge in [0.25, 0.3) is 11.8 Å². The number of carbonyl (C=O) groups is 2. The molecule has 2 heterocycles. The predicted octanol–water partition coefficient (Wildman–Crippen LogP) is 1.55. The minimum absolute atomic E-state index is 0.0134. The fourth-order valence-electron chi connectivity index (χ4n) is 4.46. The normalized spacial score (nSPS) is 17.5. The largest absolute Gasteiger partial charge is 0.341 e. The number of allylic oxidation sites excluding steroid dienone is 2. The summed E-state index contributed by atoms with van der Waals surface area (Å²) in [6.45, 7) is 6.69. The zero-order valence-electron chi connectivity index (χ0n) is 18.0. The predicted molar refractivity (Wildman–Crippen MR) is 123 cm³/mol. The van der Waals surface area contributed by atoms with Crippen molar-refractivity contribution in [2.45, 2.75) is 38.3 Å². The van der Waals surface area contributed by atoms with Crippen molar-refractivity contribution in [3.63, 3.8) is 0 Å². The molecule has 0 saturated heterocycles. The van der Waals surface area contributed by atoms with Crippen molar-refractivity contribution in [1.82, 2.24) is 19.0 Å². The molecule has 1 N–H and O–H groups in total. The summed E-state index contributed by atoms with van der Waals surface area (Å²) in [6.07, 6.45) is 3.95. The number of aromatic nitrogens is 3. The van der Waals surface area contributed by atoms with Crippen LogP contribution in [0.25, 0.3) is 5.69 Å². The van der Waals surface area contributed by atoms with Gasteiger partial charge in [0.15, 0.2) is 0 Å². The molecule has 1 aromatic carbocycles. The van der Waals surface area contributed by atoms with Crippen molar-refractivity contribution in [3.05, 3.63) is 96.4 Å². The molecule has 0 saturated carbocycles. The van der Waals surface area contributed by atoms with E-state index in [1.54, 1.807) is 0 Å². The maximum absolute atomic E-state index is 15.1. The third-order valence-corrected chi connectivity index (χ3v) is 6.25. The van der Waals surface area contributed by atoms with Crippen molar-refractivity contribution in [2.24, 2.45) is 0 Å². The van der Waals surface area contributed by atoms with Crippen LogP contribution in [0.4, 0.5) is 4.39 Å². The van der Waals surface area contributed by atoms with Gasteiger partial charge >= 0.3 is 17.1 Å². The van der Waals surface area contributed by atoms with Crippen LogP contribution >= 0.6 is 11.6 Å². The summed E-state index contributed by atoms with van der Waals surface area (Å²) < 4.78 is 17.4. The highest BCUT2D eigenvalue weighted by molar-refractivity contribution is 6.32. The van der Waals surface area contributed by atoms with Crippen LogP contribution in [0.3, 0.4) is 0 Å². The Morgan fingerprint density at radius 3 is 2.21 bits per heavy atom. The van der Waals surface area contributed by atoms with Gasteiger partial charge in [0.1, 0.15) is 5.82 Å². The van der Waals surface area contributed by atoms with Crippen LogP contribution in [0, 0.1) is 5.82 Å². The first-order valence-electron chi connectivity index (χ1n) is 10.5. The van der Waals surface area contributed by atoms with Crippen molar-refractivity contribution in [2.75, 3.05) is 0 Å². The molecule has 2 amide bonds. The Labute approximate surface area is 197 Å². The lowest BCUT2D eigenvalue weighted by atomic mass is 9.79. The van der Waals surface area contributed by atoms with Gasteiger partial charge in [0.05, 0.1) is 23.8 Å². The molecular weight excluding hydrogens is 467 g/mol. The van der Waals surface area contributed by atoms with E-state index in [0.717, 1.165) is 15.2 Å². The molecule has 34 heavy (non-hydrogen) atoms. The van der Waals surface area contributed by atoms with Crippen LogP contribution in [-0.4, -0.2) is 25.5 Å². The summed E-state index contributed by atoms with van der Waals surface area (Å²) in [5, 5.41) is 1.99. The second-order valence-corrected chi connectivity index (χ2v) is 8.33. The average Bonchev–Trinajstić information content (AvgIpc) is 3.09. The highest BCUT2D eigenvalue weighted by atomic mass is 35.5. The van der Waals surface area contributed by atoms with Crippen LogP contribution in [0.1, 0.15) is 30.7 Å². The van der Waals surface area contributed by atoms with Gasteiger partial charge in [0, 0.05) is 17.1 Å². The third-order valence-electron chi connectivity index (χ3n) is 5.95. The Kier molecular flexibility index (Phi) is 6.09. The zero-order valence-corrected chi connectivity index (χ0v) is 18.7. The van der Waals surface area contributed by atoms with E-state index >= 15 is 4.39 Å². The maximum atomic E-state index is 15.1. The van der Waals surface area contributed by atoms with E-state index in [4.69, 9.17) is 11.6 Å². The van der Waals surface area contributed by atoms with Gasteiger partial charge in [-0.25, -0.2) is 32.5 Å². The van der Waals surface area contributed by atoms with Gasteiger partial charge < -0.3 is 0 Å². The van der Waals surface area contributed by atoms with E-state index in [1.807, 2.05) is 0 Å². The highest BCUT2D eigenvalue weighted by Gasteiger charge is 2.39. The van der Waals surface area contributed by atoms with E-state index in [0.29, 0.717) is 29.4 Å². The minimum atomic E-state index is -0.980. The molecule has 1 aromatic heterocycles. The number of nitrogens with zero attached hydrogens (tertiary/aromatic N) is 3. The first kappa shape index (κ1) is 23.4. The van der Waals surface area contributed by atoms with Crippen molar-refractivity contribution >= 4 is 23.4 Å². The molecule has 2 aromatic rings. The zero-order chi connectivity index (χ0) is 24.7. The maximum Gasteiger partial charge on any atom is 0.341 e. The number of hydrogen-bond acceptors (Lipinski definition) is 5. The van der Waals surface area contributed by atoms with Gasteiger partial charge in [-0.2, -0.15) is 0 Å². The van der Waals surface area contributed by atoms with Gasteiger partial charge in [-0.3, -0.25) is 14.9 Å². The SMILES string of the molecule is C=CCn1c(=O)n(CC=C)c(=O)n(-c2cc(C3CCCC4=C3C(=O)NC4=O)c(F)cc2Cl)c1=O. The number of benzene rings is 1. The number of nitrogens with one attached hydrogen (secondary N) is 1. The lowest BCUT2D eigenvalue weighted by Gasteiger charge is -2.24. The second-order valence-electron chi connectivity index (χ2n) is 7.93. The number of halogens is 2. The summed E-state index contributed by atoms with van der Waals surface area (Å²) in [5.41, 5.74) is -2.47. The molecule has 1 unspecified atom stereocenters. The molecule has 1 aliphatic heterocycles. The van der Waals surface area contributed by atoms with E-state index in [-0.39, 0.29) is 34.9 Å². The van der Waals surface area contributed by atoms with Crippen molar-refractivity contribution < 1.29 is 14.0 Å². The van der Waals surface area contributed by atoms with Crippen molar-refractivity contribution in [1.29, 1.82) is 0 Å². The molecular formula is C23H20ClFN4O5. The van der Waals surface area contributed by atoms with Crippen molar-refractivity contribution in [3.8, 4) is 5.69 Å². The van der Waals surface area contributed by atoms with Gasteiger partial charge in [0.2, 0.25) is 0 Å². The molecule has 2 aliphatic rings. The Hall–Kier alpha value is -3.79. The average molecular weight is 487 g/mol. The Balaban J connectivity index is 2.00. The Bertz CT molecular complexity index is 1430. The highest BCUT2D eigenvalue weighted by Crippen LogP contribution is 2.42. The van der Waals surface area contributed by atoms with Gasteiger partial charge in [-0.15, -0.1) is 13.2 Å². The summed E-state index contributed by atoms with van der Waals surface area (Å²) >= 11 is 6.26. The number of amides is 2. The van der Waals surface area contributed by atoms with Crippen LogP contribution in [0.2, 0.25) is 5.02 Å². The molecule has 1 atom stereocenters. The molecule has 4 rings (SSSR count). The molecule has 176 valence electrons.